The molecule has 0 aliphatic heterocycles. The molecule has 18 heavy (non-hydrogen) atoms. The molecule has 104 valence electrons. The second-order valence-corrected chi connectivity index (χ2v) is 7.07. The van der Waals surface area contributed by atoms with Crippen molar-refractivity contribution >= 4 is 0 Å². The van der Waals surface area contributed by atoms with Gasteiger partial charge in [0.25, 0.3) is 0 Å². The Hall–Kier alpha value is -0.400. The lowest BCUT2D eigenvalue weighted by Gasteiger charge is -2.31. The fraction of sp³-hybridized carbons (Fsp3) is 1.00. The Morgan fingerprint density at radius 1 is 0.556 bits per heavy atom. The van der Waals surface area contributed by atoms with Crippen LogP contribution in [0.1, 0.15) is 66.2 Å². The van der Waals surface area contributed by atoms with Crippen molar-refractivity contribution in [1.29, 1.82) is 0 Å². The summed E-state index contributed by atoms with van der Waals surface area (Å²) in [5.74, 6) is 3.42. The van der Waals surface area contributed by atoms with Crippen LogP contribution in [0.3, 0.4) is 0 Å². The van der Waals surface area contributed by atoms with Gasteiger partial charge in [0.05, 0.1) is 12.1 Å². The van der Waals surface area contributed by atoms with Crippen LogP contribution in [0, 0.1) is 23.7 Å². The summed E-state index contributed by atoms with van der Waals surface area (Å²) in [4.78, 5) is 0. The first kappa shape index (κ1) is 14.0. The van der Waals surface area contributed by atoms with E-state index in [4.69, 9.17) is 0 Å². The van der Waals surface area contributed by atoms with Crippen LogP contribution >= 0.6 is 0 Å². The zero-order valence-corrected chi connectivity index (χ0v) is 12.6. The van der Waals surface area contributed by atoms with Gasteiger partial charge in [0.15, 0.2) is 0 Å². The third-order valence-corrected chi connectivity index (χ3v) is 5.53. The minimum Gasteiger partial charge on any atom is -0.191 e. The van der Waals surface area contributed by atoms with E-state index in [0.717, 1.165) is 23.7 Å². The zero-order chi connectivity index (χ0) is 13.1. The van der Waals surface area contributed by atoms with E-state index in [2.05, 4.69) is 37.9 Å². The molecule has 2 fully saturated rings. The van der Waals surface area contributed by atoms with Gasteiger partial charge < -0.3 is 0 Å². The number of hydrogen-bond acceptors (Lipinski definition) is 2. The highest BCUT2D eigenvalue weighted by Crippen LogP contribution is 2.33. The molecule has 0 bridgehead atoms. The van der Waals surface area contributed by atoms with E-state index in [1.807, 2.05) is 0 Å². The Labute approximate surface area is 113 Å². The van der Waals surface area contributed by atoms with E-state index in [9.17, 15) is 0 Å². The SMILES string of the molecule is CC1CCC(N=NC2CCC(C)C(C)C2)CC1C. The summed E-state index contributed by atoms with van der Waals surface area (Å²) in [5.41, 5.74) is 0. The van der Waals surface area contributed by atoms with Gasteiger partial charge in [-0.1, -0.05) is 27.7 Å². The van der Waals surface area contributed by atoms with E-state index >= 15 is 0 Å². The molecule has 2 heteroatoms. The summed E-state index contributed by atoms with van der Waals surface area (Å²) < 4.78 is 0. The third-order valence-electron chi connectivity index (χ3n) is 5.53. The van der Waals surface area contributed by atoms with Crippen LogP contribution in [0.4, 0.5) is 0 Å². The molecule has 0 aromatic carbocycles. The van der Waals surface area contributed by atoms with Crippen LogP contribution < -0.4 is 0 Å². The molecule has 0 spiro atoms. The fourth-order valence-corrected chi connectivity index (χ4v) is 3.44. The second kappa shape index (κ2) is 6.16. The third kappa shape index (κ3) is 3.55. The van der Waals surface area contributed by atoms with Crippen molar-refractivity contribution in [3.8, 4) is 0 Å². The standard InChI is InChI=1S/C16H30N2/c1-11-5-7-15(9-13(11)3)17-18-16-8-6-12(2)14(4)10-16/h11-16H,5-10H2,1-4H3. The average Bonchev–Trinajstić information content (AvgIpc) is 2.35. The van der Waals surface area contributed by atoms with Crippen LogP contribution in [0.5, 0.6) is 0 Å². The largest absolute Gasteiger partial charge is 0.191 e. The van der Waals surface area contributed by atoms with Gasteiger partial charge in [-0.25, -0.2) is 0 Å². The molecule has 2 aliphatic carbocycles. The van der Waals surface area contributed by atoms with Gasteiger partial charge in [-0.05, 0) is 62.2 Å². The molecule has 2 aliphatic rings. The van der Waals surface area contributed by atoms with Crippen LogP contribution in [0.25, 0.3) is 0 Å². The highest BCUT2D eigenvalue weighted by atomic mass is 15.1. The summed E-state index contributed by atoms with van der Waals surface area (Å²) in [6, 6.07) is 1.04. The van der Waals surface area contributed by atoms with Gasteiger partial charge in [-0.3, -0.25) is 0 Å². The van der Waals surface area contributed by atoms with E-state index in [1.165, 1.54) is 38.5 Å². The molecule has 0 aromatic heterocycles. The Morgan fingerprint density at radius 3 is 1.28 bits per heavy atom. The van der Waals surface area contributed by atoms with Gasteiger partial charge in [-0.15, -0.1) is 0 Å². The Bertz CT molecular complexity index is 259. The summed E-state index contributed by atoms with van der Waals surface area (Å²) in [7, 11) is 0. The molecule has 0 N–H and O–H groups in total. The maximum absolute atomic E-state index is 4.68. The maximum Gasteiger partial charge on any atom is 0.0711 e. The van der Waals surface area contributed by atoms with Crippen molar-refractivity contribution in [3.05, 3.63) is 0 Å². The summed E-state index contributed by atoms with van der Waals surface area (Å²) in [5, 5.41) is 9.35. The van der Waals surface area contributed by atoms with Crippen molar-refractivity contribution in [3.63, 3.8) is 0 Å². The molecule has 6 unspecified atom stereocenters. The Morgan fingerprint density at radius 2 is 0.944 bits per heavy atom. The first-order valence-electron chi connectivity index (χ1n) is 7.96. The van der Waals surface area contributed by atoms with E-state index in [-0.39, 0.29) is 0 Å². The van der Waals surface area contributed by atoms with Crippen molar-refractivity contribution < 1.29 is 0 Å². The summed E-state index contributed by atoms with van der Waals surface area (Å²) >= 11 is 0. The van der Waals surface area contributed by atoms with Gasteiger partial charge in [0.2, 0.25) is 0 Å². The molecular weight excluding hydrogens is 220 g/mol. The van der Waals surface area contributed by atoms with Crippen LogP contribution in [-0.2, 0) is 0 Å². The number of rotatable bonds is 2. The molecule has 2 nitrogen and oxygen atoms in total. The Balaban J connectivity index is 1.80. The van der Waals surface area contributed by atoms with Crippen molar-refractivity contribution in [2.45, 2.75) is 78.3 Å². The lowest BCUT2D eigenvalue weighted by molar-refractivity contribution is 0.230. The molecule has 0 saturated heterocycles. The molecule has 0 amide bonds. The van der Waals surface area contributed by atoms with Gasteiger partial charge in [0, 0.05) is 0 Å². The number of nitrogens with zero attached hydrogens (tertiary/aromatic N) is 2. The van der Waals surface area contributed by atoms with Gasteiger partial charge in [-0.2, -0.15) is 10.2 Å². The summed E-state index contributed by atoms with van der Waals surface area (Å²) in [6.45, 7) is 9.50. The monoisotopic (exact) mass is 250 g/mol. The van der Waals surface area contributed by atoms with E-state index < -0.39 is 0 Å². The minimum atomic E-state index is 0.519. The lowest BCUT2D eigenvalue weighted by Crippen LogP contribution is -2.25. The molecule has 0 radical (unpaired) electrons. The predicted molar refractivity (Wildman–Crippen MR) is 76.8 cm³/mol. The summed E-state index contributed by atoms with van der Waals surface area (Å²) in [6.07, 6.45) is 7.69. The van der Waals surface area contributed by atoms with Crippen molar-refractivity contribution in [2.75, 3.05) is 0 Å². The average molecular weight is 250 g/mol. The molecule has 6 atom stereocenters. The van der Waals surface area contributed by atoms with E-state index in [1.54, 1.807) is 0 Å². The van der Waals surface area contributed by atoms with Crippen LogP contribution in [-0.4, -0.2) is 12.1 Å². The topological polar surface area (TPSA) is 24.7 Å². The lowest BCUT2D eigenvalue weighted by atomic mass is 9.79. The van der Waals surface area contributed by atoms with Crippen molar-refractivity contribution in [1.82, 2.24) is 0 Å². The van der Waals surface area contributed by atoms with Gasteiger partial charge >= 0.3 is 0 Å². The first-order chi connectivity index (χ1) is 8.56. The Kier molecular flexibility index (Phi) is 4.80. The predicted octanol–water partition coefficient (Wildman–Crippen LogP) is 5.09. The molecule has 0 heterocycles. The van der Waals surface area contributed by atoms with Gasteiger partial charge in [0.1, 0.15) is 0 Å². The van der Waals surface area contributed by atoms with Crippen LogP contribution in [0.15, 0.2) is 10.2 Å². The van der Waals surface area contributed by atoms with Crippen LogP contribution in [0.2, 0.25) is 0 Å². The number of azo groups is 1. The first-order valence-corrected chi connectivity index (χ1v) is 7.96. The van der Waals surface area contributed by atoms with E-state index in [0.29, 0.717) is 12.1 Å². The second-order valence-electron chi connectivity index (χ2n) is 7.07. The molecule has 0 aromatic rings. The molecular formula is C16H30N2. The normalized spacial score (nSPS) is 46.4. The minimum absolute atomic E-state index is 0.519. The quantitative estimate of drug-likeness (QED) is 0.610. The smallest absolute Gasteiger partial charge is 0.0711 e. The molecule has 2 rings (SSSR count). The highest BCUT2D eigenvalue weighted by Gasteiger charge is 2.26. The fourth-order valence-electron chi connectivity index (χ4n) is 3.44. The zero-order valence-electron chi connectivity index (χ0n) is 12.6. The van der Waals surface area contributed by atoms with Crippen molar-refractivity contribution in [2.24, 2.45) is 33.9 Å². The number of hydrogen-bond donors (Lipinski definition) is 0. The maximum atomic E-state index is 4.68. The highest BCUT2D eigenvalue weighted by molar-refractivity contribution is 4.82. The molecule has 2 saturated carbocycles.